The molecule has 0 bridgehead atoms. The summed E-state index contributed by atoms with van der Waals surface area (Å²) in [5.41, 5.74) is 1.79. The first-order chi connectivity index (χ1) is 7.33. The largest absolute Gasteiger partial charge is 0.324 e. The highest BCUT2D eigenvalue weighted by molar-refractivity contribution is 5.14. The van der Waals surface area contributed by atoms with Crippen LogP contribution in [0, 0.1) is 0 Å². The summed E-state index contributed by atoms with van der Waals surface area (Å²) >= 11 is 0. The Morgan fingerprint density at radius 2 is 1.56 bits per heavy atom. The van der Waals surface area contributed by atoms with Gasteiger partial charge in [0.05, 0.1) is 26.2 Å². The van der Waals surface area contributed by atoms with Gasteiger partial charge in [-0.3, -0.25) is 0 Å². The molecular formula is C15H26N+. The first-order valence-corrected chi connectivity index (χ1v) is 6.20. The molecular weight excluding hydrogens is 194 g/mol. The summed E-state index contributed by atoms with van der Waals surface area (Å²) in [5, 5.41) is 0. The minimum Gasteiger partial charge on any atom is -0.324 e. The van der Waals surface area contributed by atoms with E-state index < -0.39 is 0 Å². The molecule has 0 fully saturated rings. The lowest BCUT2D eigenvalue weighted by atomic mass is 10.0. The maximum Gasteiger partial charge on any atom is 0.0903 e. The molecule has 0 amide bonds. The summed E-state index contributed by atoms with van der Waals surface area (Å²) in [5.74, 6) is 0. The highest BCUT2D eigenvalue weighted by Crippen LogP contribution is 2.20. The molecule has 90 valence electrons. The summed E-state index contributed by atoms with van der Waals surface area (Å²) < 4.78 is 1.08. The number of rotatable bonds is 4. The van der Waals surface area contributed by atoms with Gasteiger partial charge in [-0.15, -0.1) is 0 Å². The van der Waals surface area contributed by atoms with Crippen molar-refractivity contribution in [3.05, 3.63) is 35.9 Å². The maximum absolute atomic E-state index is 2.32. The summed E-state index contributed by atoms with van der Waals surface area (Å²) in [6.45, 7) is 8.18. The van der Waals surface area contributed by atoms with E-state index in [-0.39, 0.29) is 0 Å². The molecule has 0 spiro atoms. The van der Waals surface area contributed by atoms with Crippen LogP contribution in [0.3, 0.4) is 0 Å². The van der Waals surface area contributed by atoms with Gasteiger partial charge in [-0.1, -0.05) is 30.3 Å². The van der Waals surface area contributed by atoms with E-state index >= 15 is 0 Å². The van der Waals surface area contributed by atoms with Gasteiger partial charge >= 0.3 is 0 Å². The van der Waals surface area contributed by atoms with Crippen molar-refractivity contribution in [3.8, 4) is 0 Å². The van der Waals surface area contributed by atoms with E-state index in [0.717, 1.165) is 4.48 Å². The molecule has 1 nitrogen and oxygen atoms in total. The lowest BCUT2D eigenvalue weighted by Crippen LogP contribution is -2.54. The number of quaternary nitrogens is 1. The lowest BCUT2D eigenvalue weighted by molar-refractivity contribution is -0.935. The molecule has 1 aromatic rings. The van der Waals surface area contributed by atoms with Crippen molar-refractivity contribution < 1.29 is 4.48 Å². The first kappa shape index (κ1) is 13.2. The Balaban J connectivity index is 2.42. The third-order valence-corrected chi connectivity index (χ3v) is 3.84. The Hall–Kier alpha value is -0.820. The molecule has 0 saturated carbocycles. The fraction of sp³-hybridized carbons (Fsp3) is 0.600. The van der Waals surface area contributed by atoms with E-state index in [2.05, 4.69) is 65.2 Å². The molecule has 0 heterocycles. The van der Waals surface area contributed by atoms with Gasteiger partial charge in [0, 0.05) is 6.42 Å². The molecule has 0 saturated heterocycles. The summed E-state index contributed by atoms with van der Waals surface area (Å²) in [4.78, 5) is 0. The smallest absolute Gasteiger partial charge is 0.0903 e. The zero-order valence-corrected chi connectivity index (χ0v) is 11.5. The van der Waals surface area contributed by atoms with Gasteiger partial charge in [-0.05, 0) is 32.8 Å². The fourth-order valence-electron chi connectivity index (χ4n) is 1.66. The van der Waals surface area contributed by atoms with Crippen LogP contribution >= 0.6 is 0 Å². The molecule has 0 radical (unpaired) electrons. The highest BCUT2D eigenvalue weighted by atomic mass is 15.4. The average molecular weight is 220 g/mol. The summed E-state index contributed by atoms with van der Waals surface area (Å²) in [6.07, 6.45) is 2.45. The van der Waals surface area contributed by atoms with E-state index in [0.29, 0.717) is 5.54 Å². The topological polar surface area (TPSA) is 0 Å². The number of nitrogens with zero attached hydrogens (tertiary/aromatic N) is 1. The molecule has 0 aliphatic heterocycles. The summed E-state index contributed by atoms with van der Waals surface area (Å²) in [7, 11) is 4.65. The Morgan fingerprint density at radius 1 is 1.00 bits per heavy atom. The number of benzene rings is 1. The third-order valence-electron chi connectivity index (χ3n) is 3.84. The molecule has 16 heavy (non-hydrogen) atoms. The third kappa shape index (κ3) is 3.64. The molecule has 1 aromatic carbocycles. The predicted molar refractivity (Wildman–Crippen MR) is 71.5 cm³/mol. The molecule has 0 aliphatic rings. The van der Waals surface area contributed by atoms with Crippen LogP contribution in [0.4, 0.5) is 0 Å². The van der Waals surface area contributed by atoms with Crippen molar-refractivity contribution in [2.45, 2.75) is 39.2 Å². The average Bonchev–Trinajstić information content (AvgIpc) is 2.17. The van der Waals surface area contributed by atoms with Gasteiger partial charge in [0.1, 0.15) is 0 Å². The number of hydrogen-bond donors (Lipinski definition) is 0. The van der Waals surface area contributed by atoms with Crippen LogP contribution in [-0.2, 0) is 6.42 Å². The zero-order chi connectivity index (χ0) is 12.2. The Labute approximate surface area is 101 Å². The van der Waals surface area contributed by atoms with Gasteiger partial charge < -0.3 is 4.48 Å². The van der Waals surface area contributed by atoms with Crippen molar-refractivity contribution in [1.29, 1.82) is 0 Å². The Morgan fingerprint density at radius 3 is 2.06 bits per heavy atom. The van der Waals surface area contributed by atoms with Gasteiger partial charge in [-0.25, -0.2) is 0 Å². The van der Waals surface area contributed by atoms with E-state index in [1.165, 1.54) is 24.9 Å². The molecule has 1 heteroatoms. The minimum atomic E-state index is 0.330. The normalized spacial score (nSPS) is 12.8. The monoisotopic (exact) mass is 220 g/mol. The lowest BCUT2D eigenvalue weighted by Gasteiger charge is -2.42. The molecule has 0 aliphatic carbocycles. The second-order valence-corrected chi connectivity index (χ2v) is 6.17. The van der Waals surface area contributed by atoms with Crippen LogP contribution in [0.15, 0.2) is 30.3 Å². The second kappa shape index (κ2) is 5.01. The van der Waals surface area contributed by atoms with E-state index in [9.17, 15) is 0 Å². The van der Waals surface area contributed by atoms with E-state index in [4.69, 9.17) is 0 Å². The second-order valence-electron chi connectivity index (χ2n) is 6.17. The Bertz CT molecular complexity index is 306. The van der Waals surface area contributed by atoms with Crippen LogP contribution < -0.4 is 0 Å². The molecule has 0 aromatic heterocycles. The van der Waals surface area contributed by atoms with Crippen LogP contribution in [0.2, 0.25) is 0 Å². The maximum atomic E-state index is 2.32. The number of aryl methyl sites for hydroxylation is 1. The summed E-state index contributed by atoms with van der Waals surface area (Å²) in [6, 6.07) is 10.8. The number of hydrogen-bond acceptors (Lipinski definition) is 0. The Kier molecular flexibility index (Phi) is 4.15. The van der Waals surface area contributed by atoms with Crippen LogP contribution in [0.5, 0.6) is 0 Å². The van der Waals surface area contributed by atoms with Crippen LogP contribution in [0.25, 0.3) is 0 Å². The quantitative estimate of drug-likeness (QED) is 0.681. The molecule has 0 N–H and O–H groups in total. The van der Waals surface area contributed by atoms with Gasteiger partial charge in [-0.2, -0.15) is 0 Å². The van der Waals surface area contributed by atoms with E-state index in [1.807, 2.05) is 0 Å². The first-order valence-electron chi connectivity index (χ1n) is 6.20. The van der Waals surface area contributed by atoms with Crippen LogP contribution in [0.1, 0.15) is 32.8 Å². The standard InChI is InChI=1S/C15H26N/c1-15(2,3)16(4,5)13-9-12-14-10-7-6-8-11-14/h6-8,10-11H,9,12-13H2,1-5H3/q+1. The van der Waals surface area contributed by atoms with Crippen molar-refractivity contribution >= 4 is 0 Å². The van der Waals surface area contributed by atoms with Crippen molar-refractivity contribution in [1.82, 2.24) is 0 Å². The SMILES string of the molecule is CC(C)(C)[N+](C)(C)CCCc1ccccc1. The molecule has 0 unspecified atom stereocenters. The van der Waals surface area contributed by atoms with Crippen molar-refractivity contribution in [2.75, 3.05) is 20.6 Å². The van der Waals surface area contributed by atoms with E-state index in [1.54, 1.807) is 0 Å². The minimum absolute atomic E-state index is 0.330. The van der Waals surface area contributed by atoms with Crippen molar-refractivity contribution in [2.24, 2.45) is 0 Å². The van der Waals surface area contributed by atoms with Gasteiger partial charge in [0.2, 0.25) is 0 Å². The van der Waals surface area contributed by atoms with Crippen molar-refractivity contribution in [3.63, 3.8) is 0 Å². The molecule has 0 atom stereocenters. The zero-order valence-electron chi connectivity index (χ0n) is 11.5. The van der Waals surface area contributed by atoms with Crippen LogP contribution in [-0.4, -0.2) is 30.7 Å². The van der Waals surface area contributed by atoms with Gasteiger partial charge in [0.25, 0.3) is 0 Å². The molecule has 1 rings (SSSR count). The van der Waals surface area contributed by atoms with Gasteiger partial charge in [0.15, 0.2) is 0 Å². The predicted octanol–water partition coefficient (Wildman–Crippen LogP) is 3.49. The fourth-order valence-corrected chi connectivity index (χ4v) is 1.66. The highest BCUT2D eigenvalue weighted by Gasteiger charge is 2.30.